The molecular formula is C18H17N3O4S2. The first-order chi connectivity index (χ1) is 13.0. The highest BCUT2D eigenvalue weighted by atomic mass is 32.2. The Bertz CT molecular complexity index is 1060. The number of fused-ring (bicyclic) bond motifs is 1. The van der Waals surface area contributed by atoms with E-state index in [0.29, 0.717) is 33.2 Å². The van der Waals surface area contributed by atoms with E-state index in [-0.39, 0.29) is 17.2 Å². The smallest absolute Gasteiger partial charge is 0.350 e. The van der Waals surface area contributed by atoms with Crippen molar-refractivity contribution in [3.63, 3.8) is 0 Å². The number of carbonyl (C=O) groups is 2. The Balaban J connectivity index is 1.77. The highest BCUT2D eigenvalue weighted by Gasteiger charge is 2.17. The maximum atomic E-state index is 12.6. The molecule has 3 aromatic rings. The Morgan fingerprint density at radius 2 is 2.07 bits per heavy atom. The molecule has 1 amide bonds. The molecule has 0 unspecified atom stereocenters. The number of methoxy groups -OCH3 is 1. The normalized spacial score (nSPS) is 10.7. The molecule has 0 aliphatic rings. The molecule has 3 rings (SSSR count). The number of anilines is 1. The van der Waals surface area contributed by atoms with Crippen LogP contribution in [0, 0.1) is 0 Å². The zero-order chi connectivity index (χ0) is 19.4. The van der Waals surface area contributed by atoms with E-state index in [1.54, 1.807) is 34.2 Å². The van der Waals surface area contributed by atoms with Crippen molar-refractivity contribution in [2.45, 2.75) is 18.6 Å². The zero-order valence-electron chi connectivity index (χ0n) is 14.7. The van der Waals surface area contributed by atoms with Gasteiger partial charge in [0.05, 0.1) is 29.5 Å². The van der Waals surface area contributed by atoms with E-state index in [4.69, 9.17) is 4.74 Å². The third-order valence-electron chi connectivity index (χ3n) is 3.79. The van der Waals surface area contributed by atoms with Crippen LogP contribution in [0.25, 0.3) is 10.9 Å². The first-order valence-corrected chi connectivity index (χ1v) is 9.99. The SMILES string of the molecule is CCn1c(SCC(=O)Nc2ccsc2C(=O)OC)nc2ccccc2c1=O. The van der Waals surface area contributed by atoms with Crippen molar-refractivity contribution in [3.8, 4) is 0 Å². The van der Waals surface area contributed by atoms with E-state index < -0.39 is 5.97 Å². The number of aromatic nitrogens is 2. The lowest BCUT2D eigenvalue weighted by atomic mass is 10.2. The van der Waals surface area contributed by atoms with Gasteiger partial charge in [0.1, 0.15) is 4.88 Å². The third-order valence-corrected chi connectivity index (χ3v) is 5.66. The van der Waals surface area contributed by atoms with Gasteiger partial charge in [-0.1, -0.05) is 23.9 Å². The molecule has 2 heterocycles. The Kier molecular flexibility index (Phi) is 5.92. The van der Waals surface area contributed by atoms with Gasteiger partial charge >= 0.3 is 5.97 Å². The topological polar surface area (TPSA) is 90.3 Å². The molecule has 0 spiro atoms. The van der Waals surface area contributed by atoms with E-state index in [9.17, 15) is 14.4 Å². The maximum absolute atomic E-state index is 12.6. The van der Waals surface area contributed by atoms with Crippen LogP contribution >= 0.6 is 23.1 Å². The molecular weight excluding hydrogens is 386 g/mol. The standard InChI is InChI=1S/C18H17N3O4S2/c1-3-21-16(23)11-6-4-5-7-12(11)20-18(21)27-10-14(22)19-13-8-9-26-15(13)17(24)25-2/h4-9H,3,10H2,1-2H3,(H,19,22). The summed E-state index contributed by atoms with van der Waals surface area (Å²) in [4.78, 5) is 41.4. The molecule has 0 saturated carbocycles. The first-order valence-electron chi connectivity index (χ1n) is 8.13. The molecule has 0 bridgehead atoms. The van der Waals surface area contributed by atoms with Crippen molar-refractivity contribution in [2.75, 3.05) is 18.2 Å². The third kappa shape index (κ3) is 4.04. The minimum Gasteiger partial charge on any atom is -0.465 e. The van der Waals surface area contributed by atoms with E-state index >= 15 is 0 Å². The summed E-state index contributed by atoms with van der Waals surface area (Å²) in [5.41, 5.74) is 0.884. The summed E-state index contributed by atoms with van der Waals surface area (Å²) in [7, 11) is 1.29. The number of ether oxygens (including phenoxy) is 1. The fourth-order valence-electron chi connectivity index (χ4n) is 2.51. The van der Waals surface area contributed by atoms with Gasteiger partial charge in [-0.2, -0.15) is 0 Å². The second-order valence-corrected chi connectivity index (χ2v) is 7.31. The fraction of sp³-hybridized carbons (Fsp3) is 0.222. The average Bonchev–Trinajstić information content (AvgIpc) is 3.14. The van der Waals surface area contributed by atoms with Crippen LogP contribution in [0.3, 0.4) is 0 Å². The van der Waals surface area contributed by atoms with Crippen LogP contribution < -0.4 is 10.9 Å². The van der Waals surface area contributed by atoms with Crippen molar-refractivity contribution in [1.29, 1.82) is 0 Å². The summed E-state index contributed by atoms with van der Waals surface area (Å²) in [5.74, 6) is -0.737. The highest BCUT2D eigenvalue weighted by molar-refractivity contribution is 7.99. The van der Waals surface area contributed by atoms with Gasteiger partial charge in [-0.3, -0.25) is 14.2 Å². The van der Waals surface area contributed by atoms with Gasteiger partial charge in [0.25, 0.3) is 5.56 Å². The van der Waals surface area contributed by atoms with E-state index in [1.807, 2.05) is 13.0 Å². The van der Waals surface area contributed by atoms with Crippen LogP contribution in [0.5, 0.6) is 0 Å². The van der Waals surface area contributed by atoms with Gasteiger partial charge in [0.2, 0.25) is 5.91 Å². The lowest BCUT2D eigenvalue weighted by Gasteiger charge is -2.11. The number of thiophene rings is 1. The lowest BCUT2D eigenvalue weighted by molar-refractivity contribution is -0.113. The molecule has 0 aliphatic carbocycles. The van der Waals surface area contributed by atoms with E-state index in [2.05, 4.69) is 10.3 Å². The van der Waals surface area contributed by atoms with Crippen LogP contribution in [0.2, 0.25) is 0 Å². The van der Waals surface area contributed by atoms with Crippen LogP contribution in [-0.2, 0) is 16.1 Å². The molecule has 0 fully saturated rings. The molecule has 1 aromatic carbocycles. The van der Waals surface area contributed by atoms with Crippen LogP contribution in [-0.4, -0.2) is 34.3 Å². The Morgan fingerprint density at radius 1 is 1.30 bits per heavy atom. The van der Waals surface area contributed by atoms with Crippen molar-refractivity contribution in [1.82, 2.24) is 9.55 Å². The number of nitrogens with one attached hydrogen (secondary N) is 1. The largest absolute Gasteiger partial charge is 0.465 e. The summed E-state index contributed by atoms with van der Waals surface area (Å²) in [6.07, 6.45) is 0. The minimum absolute atomic E-state index is 0.0568. The molecule has 27 heavy (non-hydrogen) atoms. The van der Waals surface area contributed by atoms with Crippen molar-refractivity contribution in [2.24, 2.45) is 0 Å². The summed E-state index contributed by atoms with van der Waals surface area (Å²) >= 11 is 2.37. The van der Waals surface area contributed by atoms with Crippen molar-refractivity contribution >= 4 is 51.6 Å². The number of carbonyl (C=O) groups excluding carboxylic acids is 2. The number of para-hydroxylation sites is 1. The molecule has 0 aliphatic heterocycles. The van der Waals surface area contributed by atoms with Gasteiger partial charge < -0.3 is 10.1 Å². The fourth-order valence-corrected chi connectivity index (χ4v) is 4.14. The van der Waals surface area contributed by atoms with E-state index in [1.165, 1.54) is 30.2 Å². The molecule has 2 aromatic heterocycles. The summed E-state index contributed by atoms with van der Waals surface area (Å²) in [6.45, 7) is 2.31. The number of hydrogen-bond donors (Lipinski definition) is 1. The number of amides is 1. The second kappa shape index (κ2) is 8.36. The van der Waals surface area contributed by atoms with Gasteiger partial charge in [-0.15, -0.1) is 11.3 Å². The van der Waals surface area contributed by atoms with Gasteiger partial charge in [-0.05, 0) is 30.5 Å². The quantitative estimate of drug-likeness (QED) is 0.387. The van der Waals surface area contributed by atoms with Crippen LogP contribution in [0.15, 0.2) is 45.7 Å². The van der Waals surface area contributed by atoms with E-state index in [0.717, 1.165) is 0 Å². The Hall–Kier alpha value is -2.65. The first kappa shape index (κ1) is 19.1. The predicted octanol–water partition coefficient (Wildman–Crippen LogP) is 3.00. The Labute approximate surface area is 163 Å². The molecule has 9 heteroatoms. The van der Waals surface area contributed by atoms with Crippen LogP contribution in [0.4, 0.5) is 5.69 Å². The van der Waals surface area contributed by atoms with Crippen molar-refractivity contribution in [3.05, 3.63) is 50.9 Å². The number of thioether (sulfide) groups is 1. The lowest BCUT2D eigenvalue weighted by Crippen LogP contribution is -2.23. The molecule has 0 atom stereocenters. The van der Waals surface area contributed by atoms with Gasteiger partial charge in [0.15, 0.2) is 5.16 Å². The highest BCUT2D eigenvalue weighted by Crippen LogP contribution is 2.24. The zero-order valence-corrected chi connectivity index (χ0v) is 16.4. The Morgan fingerprint density at radius 3 is 2.81 bits per heavy atom. The summed E-state index contributed by atoms with van der Waals surface area (Å²) in [6, 6.07) is 8.77. The number of hydrogen-bond acceptors (Lipinski definition) is 7. The average molecular weight is 403 g/mol. The predicted molar refractivity (Wildman–Crippen MR) is 107 cm³/mol. The molecule has 7 nitrogen and oxygen atoms in total. The van der Waals surface area contributed by atoms with Gasteiger partial charge in [-0.25, -0.2) is 9.78 Å². The molecule has 140 valence electrons. The molecule has 0 saturated heterocycles. The monoisotopic (exact) mass is 403 g/mol. The molecule has 1 N–H and O–H groups in total. The summed E-state index contributed by atoms with van der Waals surface area (Å²) in [5, 5.41) is 5.43. The number of benzene rings is 1. The number of nitrogens with zero attached hydrogens (tertiary/aromatic N) is 2. The molecule has 0 radical (unpaired) electrons. The maximum Gasteiger partial charge on any atom is 0.350 e. The number of esters is 1. The summed E-state index contributed by atoms with van der Waals surface area (Å²) < 4.78 is 6.24. The van der Waals surface area contributed by atoms with Crippen molar-refractivity contribution < 1.29 is 14.3 Å². The number of rotatable bonds is 6. The van der Waals surface area contributed by atoms with Crippen LogP contribution in [0.1, 0.15) is 16.6 Å². The minimum atomic E-state index is -0.496. The second-order valence-electron chi connectivity index (χ2n) is 5.45. The van der Waals surface area contributed by atoms with Gasteiger partial charge in [0, 0.05) is 6.54 Å².